The summed E-state index contributed by atoms with van der Waals surface area (Å²) in [7, 11) is 0. The van der Waals surface area contributed by atoms with E-state index in [1.165, 1.54) is 6.92 Å². The van der Waals surface area contributed by atoms with Gasteiger partial charge in [0.15, 0.2) is 11.5 Å². The number of Topliss-reactive ketones (excluding diaryl/α,β-unsaturated/α-hetero) is 1. The Hall–Kier alpha value is -1.22. The van der Waals surface area contributed by atoms with Crippen molar-refractivity contribution >= 4 is 17.4 Å². The molecule has 0 atom stereocenters. The minimum Gasteiger partial charge on any atom is -0.486 e. The summed E-state index contributed by atoms with van der Waals surface area (Å²) >= 11 is 6.02. The number of ether oxygens (including phenoxy) is 2. The van der Waals surface area contributed by atoms with Crippen LogP contribution < -0.4 is 9.47 Å². The third-order valence-electron chi connectivity index (χ3n) is 2.15. The average molecular weight is 227 g/mol. The van der Waals surface area contributed by atoms with Crippen molar-refractivity contribution in [3.63, 3.8) is 0 Å². The number of carbonyl (C=O) groups is 1. The van der Waals surface area contributed by atoms with Gasteiger partial charge >= 0.3 is 0 Å². The molecule has 1 heterocycles. The predicted octanol–water partition coefficient (Wildman–Crippen LogP) is 2.24. The van der Waals surface area contributed by atoms with Gasteiger partial charge in [0.2, 0.25) is 0 Å². The first kappa shape index (κ1) is 10.3. The molecule has 0 unspecified atom stereocenters. The highest BCUT2D eigenvalue weighted by atomic mass is 35.5. The highest BCUT2D eigenvalue weighted by molar-refractivity contribution is 6.31. The molecule has 0 spiro atoms. The van der Waals surface area contributed by atoms with E-state index in [0.29, 0.717) is 36.2 Å². The highest BCUT2D eigenvalue weighted by Crippen LogP contribution is 2.35. The number of hydrogen-bond donors (Lipinski definition) is 0. The molecule has 0 fully saturated rings. The Labute approximate surface area is 92.9 Å². The van der Waals surface area contributed by atoms with Crippen molar-refractivity contribution in [2.45, 2.75) is 13.3 Å². The molecular weight excluding hydrogens is 216 g/mol. The van der Waals surface area contributed by atoms with Gasteiger partial charge in [0.25, 0.3) is 0 Å². The molecule has 1 aliphatic rings. The molecule has 0 saturated carbocycles. The van der Waals surface area contributed by atoms with Crippen molar-refractivity contribution in [2.75, 3.05) is 13.2 Å². The normalized spacial score (nSPS) is 13.7. The molecule has 0 radical (unpaired) electrons. The first-order chi connectivity index (χ1) is 7.16. The molecule has 0 N–H and O–H groups in total. The number of carbonyl (C=O) groups excluding carboxylic acids is 1. The molecule has 2 rings (SSSR count). The molecule has 0 aliphatic carbocycles. The van der Waals surface area contributed by atoms with Crippen LogP contribution in [0, 0.1) is 0 Å². The fourth-order valence-electron chi connectivity index (χ4n) is 1.51. The monoisotopic (exact) mass is 226 g/mol. The Kier molecular flexibility index (Phi) is 2.82. The van der Waals surface area contributed by atoms with Gasteiger partial charge in [0, 0.05) is 17.5 Å². The lowest BCUT2D eigenvalue weighted by Crippen LogP contribution is -2.15. The average Bonchev–Trinajstić information content (AvgIpc) is 2.18. The van der Waals surface area contributed by atoms with E-state index >= 15 is 0 Å². The smallest absolute Gasteiger partial charge is 0.162 e. The maximum absolute atomic E-state index is 11.0. The molecule has 3 nitrogen and oxygen atoms in total. The number of hydrogen-bond acceptors (Lipinski definition) is 3. The maximum Gasteiger partial charge on any atom is 0.162 e. The van der Waals surface area contributed by atoms with Crippen molar-refractivity contribution in [2.24, 2.45) is 0 Å². The van der Waals surface area contributed by atoms with Crippen molar-refractivity contribution in [1.29, 1.82) is 0 Å². The summed E-state index contributed by atoms with van der Waals surface area (Å²) in [6, 6.07) is 3.48. The summed E-state index contributed by atoms with van der Waals surface area (Å²) in [6.07, 6.45) is 0.329. The van der Waals surface area contributed by atoms with Crippen LogP contribution in [0.25, 0.3) is 0 Å². The van der Waals surface area contributed by atoms with Crippen molar-refractivity contribution in [1.82, 2.24) is 0 Å². The van der Waals surface area contributed by atoms with Crippen LogP contribution in [0.5, 0.6) is 11.5 Å². The fraction of sp³-hybridized carbons (Fsp3) is 0.364. The maximum atomic E-state index is 11.0. The summed E-state index contributed by atoms with van der Waals surface area (Å²) in [4.78, 5) is 11.0. The molecule has 4 heteroatoms. The minimum absolute atomic E-state index is 0.0774. The molecule has 15 heavy (non-hydrogen) atoms. The van der Waals surface area contributed by atoms with Gasteiger partial charge in [-0.15, -0.1) is 0 Å². The molecule has 1 aromatic carbocycles. The van der Waals surface area contributed by atoms with Gasteiger partial charge in [0.1, 0.15) is 19.0 Å². The van der Waals surface area contributed by atoms with Gasteiger partial charge in [-0.3, -0.25) is 4.79 Å². The Morgan fingerprint density at radius 1 is 1.33 bits per heavy atom. The lowest BCUT2D eigenvalue weighted by atomic mass is 10.1. The fourth-order valence-corrected chi connectivity index (χ4v) is 1.73. The Morgan fingerprint density at radius 3 is 2.53 bits per heavy atom. The minimum atomic E-state index is 0.0774. The van der Waals surface area contributed by atoms with Gasteiger partial charge in [-0.25, -0.2) is 0 Å². The first-order valence-corrected chi connectivity index (χ1v) is 5.12. The highest BCUT2D eigenvalue weighted by Gasteiger charge is 2.15. The Morgan fingerprint density at radius 2 is 1.93 bits per heavy atom. The standard InChI is InChI=1S/C11H11ClO3/c1-7(13)4-8-5-10-11(6-9(8)12)15-3-2-14-10/h5-6H,2-4H2,1H3. The second-order valence-electron chi connectivity index (χ2n) is 3.47. The zero-order chi connectivity index (χ0) is 10.8. The summed E-state index contributed by atoms with van der Waals surface area (Å²) in [5, 5.41) is 0.550. The second-order valence-corrected chi connectivity index (χ2v) is 3.87. The van der Waals surface area contributed by atoms with E-state index < -0.39 is 0 Å². The van der Waals surface area contributed by atoms with Crippen molar-refractivity contribution in [3.8, 4) is 11.5 Å². The van der Waals surface area contributed by atoms with Crippen LogP contribution in [0.1, 0.15) is 12.5 Å². The van der Waals surface area contributed by atoms with Gasteiger partial charge < -0.3 is 9.47 Å². The Balaban J connectivity index is 2.36. The van der Waals surface area contributed by atoms with E-state index in [2.05, 4.69) is 0 Å². The third-order valence-corrected chi connectivity index (χ3v) is 2.50. The van der Waals surface area contributed by atoms with E-state index in [-0.39, 0.29) is 5.78 Å². The molecule has 1 aromatic rings. The van der Waals surface area contributed by atoms with E-state index in [1.807, 2.05) is 0 Å². The van der Waals surface area contributed by atoms with Crippen LogP contribution in [-0.4, -0.2) is 19.0 Å². The molecule has 1 aliphatic heterocycles. The molecule has 0 amide bonds. The first-order valence-electron chi connectivity index (χ1n) is 4.74. The van der Waals surface area contributed by atoms with Crippen LogP contribution in [0.3, 0.4) is 0 Å². The molecule has 80 valence electrons. The zero-order valence-electron chi connectivity index (χ0n) is 8.38. The number of ketones is 1. The summed E-state index contributed by atoms with van der Waals surface area (Å²) in [5.41, 5.74) is 0.786. The van der Waals surface area contributed by atoms with E-state index in [1.54, 1.807) is 12.1 Å². The second kappa shape index (κ2) is 4.11. The van der Waals surface area contributed by atoms with Crippen LogP contribution in [-0.2, 0) is 11.2 Å². The summed E-state index contributed by atoms with van der Waals surface area (Å²) < 4.78 is 10.8. The van der Waals surface area contributed by atoms with Crippen LogP contribution in [0.15, 0.2) is 12.1 Å². The largest absolute Gasteiger partial charge is 0.486 e. The third kappa shape index (κ3) is 2.23. The molecule has 0 saturated heterocycles. The van der Waals surface area contributed by atoms with Crippen LogP contribution in [0.4, 0.5) is 0 Å². The van der Waals surface area contributed by atoms with Crippen LogP contribution in [0.2, 0.25) is 5.02 Å². The predicted molar refractivity (Wildman–Crippen MR) is 56.8 cm³/mol. The number of benzene rings is 1. The topological polar surface area (TPSA) is 35.5 Å². The van der Waals surface area contributed by atoms with Gasteiger partial charge in [-0.05, 0) is 18.6 Å². The molecular formula is C11H11ClO3. The zero-order valence-corrected chi connectivity index (χ0v) is 9.13. The number of fused-ring (bicyclic) bond motifs is 1. The lowest BCUT2D eigenvalue weighted by molar-refractivity contribution is -0.116. The summed E-state index contributed by atoms with van der Waals surface area (Å²) in [6.45, 7) is 2.61. The van der Waals surface area contributed by atoms with Crippen molar-refractivity contribution in [3.05, 3.63) is 22.7 Å². The number of halogens is 1. The van der Waals surface area contributed by atoms with E-state index in [0.717, 1.165) is 5.56 Å². The lowest BCUT2D eigenvalue weighted by Gasteiger charge is -2.19. The van der Waals surface area contributed by atoms with E-state index in [4.69, 9.17) is 21.1 Å². The SMILES string of the molecule is CC(=O)Cc1cc2c(cc1Cl)OCCO2. The Bertz CT molecular complexity index is 401. The van der Waals surface area contributed by atoms with Gasteiger partial charge in [-0.1, -0.05) is 11.6 Å². The quantitative estimate of drug-likeness (QED) is 0.776. The molecule has 0 aromatic heterocycles. The van der Waals surface area contributed by atoms with Gasteiger partial charge in [-0.2, -0.15) is 0 Å². The number of rotatable bonds is 2. The van der Waals surface area contributed by atoms with Gasteiger partial charge in [0.05, 0.1) is 0 Å². The van der Waals surface area contributed by atoms with E-state index in [9.17, 15) is 4.79 Å². The summed E-state index contributed by atoms with van der Waals surface area (Å²) in [5.74, 6) is 1.40. The molecule has 0 bridgehead atoms. The van der Waals surface area contributed by atoms with Crippen LogP contribution >= 0.6 is 11.6 Å². The van der Waals surface area contributed by atoms with Crippen molar-refractivity contribution < 1.29 is 14.3 Å².